The van der Waals surface area contributed by atoms with E-state index < -0.39 is 0 Å². The predicted octanol–water partition coefficient (Wildman–Crippen LogP) is 1.79. The van der Waals surface area contributed by atoms with Crippen LogP contribution >= 0.6 is 12.2 Å². The smallest absolute Gasteiger partial charge is 0.169 e. The van der Waals surface area contributed by atoms with Crippen LogP contribution in [0.4, 0.5) is 5.69 Å². The summed E-state index contributed by atoms with van der Waals surface area (Å²) in [5, 5.41) is 7.77. The summed E-state index contributed by atoms with van der Waals surface area (Å²) < 4.78 is 0. The maximum absolute atomic E-state index is 5.63. The molecule has 0 spiro atoms. The van der Waals surface area contributed by atoms with Crippen molar-refractivity contribution in [3.8, 4) is 0 Å². The first-order valence-electron chi connectivity index (χ1n) is 10.4. The van der Waals surface area contributed by atoms with Crippen LogP contribution in [-0.4, -0.2) is 80.4 Å². The minimum atomic E-state index is 0.696. The topological polar surface area (TPSA) is 33.8 Å². The molecule has 0 radical (unpaired) electrons. The molecule has 1 aromatic rings. The van der Waals surface area contributed by atoms with Crippen LogP contribution in [0, 0.1) is 5.92 Å². The molecule has 2 aliphatic heterocycles. The number of thiocarbonyl (C=S) groups is 1. The van der Waals surface area contributed by atoms with Crippen molar-refractivity contribution in [1.82, 2.24) is 20.4 Å². The molecule has 0 atom stereocenters. The van der Waals surface area contributed by atoms with E-state index in [0.717, 1.165) is 77.0 Å². The zero-order valence-electron chi connectivity index (χ0n) is 16.9. The van der Waals surface area contributed by atoms with Gasteiger partial charge in [-0.15, -0.1) is 0 Å². The van der Waals surface area contributed by atoms with Gasteiger partial charge in [-0.1, -0.05) is 26.0 Å². The number of hydrogen-bond acceptors (Lipinski definition) is 4. The SMILES string of the molecule is CC(C)Cc1cccc(N2CCN(C(=S)NCCN3CCNCC3)CC2)c1. The Bertz CT molecular complexity index is 592. The second-order valence-electron chi connectivity index (χ2n) is 8.07. The van der Waals surface area contributed by atoms with E-state index in [2.05, 4.69) is 63.4 Å². The molecule has 2 saturated heterocycles. The highest BCUT2D eigenvalue weighted by Crippen LogP contribution is 2.20. The molecule has 1 aromatic carbocycles. The molecule has 6 heteroatoms. The number of piperazine rings is 2. The number of hydrogen-bond donors (Lipinski definition) is 2. The number of anilines is 1. The van der Waals surface area contributed by atoms with E-state index >= 15 is 0 Å². The number of benzene rings is 1. The fraction of sp³-hybridized carbons (Fsp3) is 0.667. The summed E-state index contributed by atoms with van der Waals surface area (Å²) >= 11 is 5.63. The second-order valence-corrected chi connectivity index (χ2v) is 8.45. The van der Waals surface area contributed by atoms with Gasteiger partial charge >= 0.3 is 0 Å². The molecule has 0 saturated carbocycles. The summed E-state index contributed by atoms with van der Waals surface area (Å²) in [7, 11) is 0. The number of rotatable bonds is 6. The van der Waals surface area contributed by atoms with Crippen LogP contribution in [0.15, 0.2) is 24.3 Å². The quantitative estimate of drug-likeness (QED) is 0.722. The van der Waals surface area contributed by atoms with Crippen molar-refractivity contribution in [2.45, 2.75) is 20.3 Å². The molecule has 27 heavy (non-hydrogen) atoms. The lowest BCUT2D eigenvalue weighted by atomic mass is 10.0. The van der Waals surface area contributed by atoms with Crippen LogP contribution in [0.25, 0.3) is 0 Å². The van der Waals surface area contributed by atoms with Gasteiger partial charge in [0.2, 0.25) is 0 Å². The fourth-order valence-corrected chi connectivity index (χ4v) is 4.17. The van der Waals surface area contributed by atoms with Crippen LogP contribution in [0.3, 0.4) is 0 Å². The highest BCUT2D eigenvalue weighted by atomic mass is 32.1. The number of nitrogens with zero attached hydrogens (tertiary/aromatic N) is 3. The standard InChI is InChI=1S/C21H35N5S/c1-18(2)16-19-4-3-5-20(17-19)25-12-14-26(15-13-25)21(27)23-8-11-24-9-6-22-7-10-24/h3-5,17-18,22H,6-16H2,1-2H3,(H,23,27). The van der Waals surface area contributed by atoms with E-state index in [1.165, 1.54) is 11.3 Å². The zero-order valence-corrected chi connectivity index (χ0v) is 17.7. The van der Waals surface area contributed by atoms with E-state index in [1.54, 1.807) is 0 Å². The largest absolute Gasteiger partial charge is 0.368 e. The van der Waals surface area contributed by atoms with Crippen molar-refractivity contribution in [1.29, 1.82) is 0 Å². The highest BCUT2D eigenvalue weighted by Gasteiger charge is 2.19. The molecule has 0 unspecified atom stereocenters. The Morgan fingerprint density at radius 3 is 2.56 bits per heavy atom. The molecule has 0 aromatic heterocycles. The lowest BCUT2D eigenvalue weighted by Gasteiger charge is -2.38. The molecule has 5 nitrogen and oxygen atoms in total. The summed E-state index contributed by atoms with van der Waals surface area (Å²) in [6, 6.07) is 9.04. The Labute approximate surface area is 170 Å². The average Bonchev–Trinajstić information content (AvgIpc) is 2.68. The van der Waals surface area contributed by atoms with Crippen LogP contribution in [-0.2, 0) is 6.42 Å². The van der Waals surface area contributed by atoms with E-state index in [4.69, 9.17) is 12.2 Å². The lowest BCUT2D eigenvalue weighted by molar-refractivity contribution is 0.243. The molecule has 0 amide bonds. The molecule has 2 aliphatic rings. The lowest BCUT2D eigenvalue weighted by Crippen LogP contribution is -2.53. The third-order valence-corrected chi connectivity index (χ3v) is 5.80. The minimum Gasteiger partial charge on any atom is -0.368 e. The highest BCUT2D eigenvalue weighted by molar-refractivity contribution is 7.80. The van der Waals surface area contributed by atoms with Crippen LogP contribution < -0.4 is 15.5 Å². The van der Waals surface area contributed by atoms with Crippen molar-refractivity contribution in [2.75, 3.05) is 70.3 Å². The van der Waals surface area contributed by atoms with Crippen LogP contribution in [0.1, 0.15) is 19.4 Å². The van der Waals surface area contributed by atoms with Gasteiger partial charge in [0.05, 0.1) is 0 Å². The molecule has 2 N–H and O–H groups in total. The summed E-state index contributed by atoms with van der Waals surface area (Å²) in [5.74, 6) is 0.696. The molecular formula is C21H35N5S. The summed E-state index contributed by atoms with van der Waals surface area (Å²) in [6.07, 6.45) is 1.15. The van der Waals surface area contributed by atoms with Crippen molar-refractivity contribution >= 4 is 23.0 Å². The average molecular weight is 390 g/mol. The molecule has 2 heterocycles. The second kappa shape index (κ2) is 10.2. The van der Waals surface area contributed by atoms with E-state index in [0.29, 0.717) is 5.92 Å². The molecule has 2 fully saturated rings. The fourth-order valence-electron chi connectivity index (χ4n) is 3.89. The molecule has 150 valence electrons. The monoisotopic (exact) mass is 389 g/mol. The van der Waals surface area contributed by atoms with Gasteiger partial charge in [-0.3, -0.25) is 4.90 Å². The van der Waals surface area contributed by atoms with Gasteiger partial charge in [0, 0.05) is 71.1 Å². The van der Waals surface area contributed by atoms with Gasteiger partial charge < -0.3 is 20.4 Å². The van der Waals surface area contributed by atoms with Crippen molar-refractivity contribution in [2.24, 2.45) is 5.92 Å². The van der Waals surface area contributed by atoms with Gasteiger partial charge in [-0.25, -0.2) is 0 Å². The summed E-state index contributed by atoms with van der Waals surface area (Å²) in [5.41, 5.74) is 2.79. The van der Waals surface area contributed by atoms with Crippen molar-refractivity contribution in [3.05, 3.63) is 29.8 Å². The predicted molar refractivity (Wildman–Crippen MR) is 119 cm³/mol. The van der Waals surface area contributed by atoms with Crippen molar-refractivity contribution in [3.63, 3.8) is 0 Å². The first-order valence-corrected chi connectivity index (χ1v) is 10.8. The Kier molecular flexibility index (Phi) is 7.73. The summed E-state index contributed by atoms with van der Waals surface area (Å²) in [4.78, 5) is 7.30. The van der Waals surface area contributed by atoms with E-state index in [1.807, 2.05) is 0 Å². The normalized spacial score (nSPS) is 18.8. The Morgan fingerprint density at radius 2 is 1.85 bits per heavy atom. The van der Waals surface area contributed by atoms with Crippen LogP contribution in [0.2, 0.25) is 0 Å². The van der Waals surface area contributed by atoms with Gasteiger partial charge in [0.25, 0.3) is 0 Å². The van der Waals surface area contributed by atoms with Gasteiger partial charge in [0.15, 0.2) is 5.11 Å². The molecule has 3 rings (SSSR count). The third kappa shape index (κ3) is 6.33. The molecule has 0 bridgehead atoms. The molecule has 0 aliphatic carbocycles. The summed E-state index contributed by atoms with van der Waals surface area (Å²) in [6.45, 7) is 15.1. The minimum absolute atomic E-state index is 0.696. The van der Waals surface area contributed by atoms with Gasteiger partial charge in [-0.2, -0.15) is 0 Å². The van der Waals surface area contributed by atoms with E-state index in [-0.39, 0.29) is 0 Å². The Morgan fingerprint density at radius 1 is 1.11 bits per heavy atom. The van der Waals surface area contributed by atoms with Gasteiger partial charge in [-0.05, 0) is 42.3 Å². The van der Waals surface area contributed by atoms with Crippen LogP contribution in [0.5, 0.6) is 0 Å². The van der Waals surface area contributed by atoms with Gasteiger partial charge in [0.1, 0.15) is 0 Å². The molecular weight excluding hydrogens is 354 g/mol. The Balaban J connectivity index is 1.41. The maximum Gasteiger partial charge on any atom is 0.169 e. The zero-order chi connectivity index (χ0) is 19.1. The first-order chi connectivity index (χ1) is 13.1. The first kappa shape index (κ1) is 20.4. The third-order valence-electron chi connectivity index (χ3n) is 5.40. The number of nitrogens with one attached hydrogen (secondary N) is 2. The Hall–Kier alpha value is -1.37. The van der Waals surface area contributed by atoms with E-state index in [9.17, 15) is 0 Å². The maximum atomic E-state index is 5.63. The van der Waals surface area contributed by atoms with Crippen molar-refractivity contribution < 1.29 is 0 Å².